The van der Waals surface area contributed by atoms with Gasteiger partial charge >= 0.3 is 6.03 Å². The maximum absolute atomic E-state index is 12.4. The average Bonchev–Trinajstić information content (AvgIpc) is 2.46. The zero-order valence-electron chi connectivity index (χ0n) is 13.6. The van der Waals surface area contributed by atoms with Crippen LogP contribution in [-0.4, -0.2) is 74.3 Å². The van der Waals surface area contributed by atoms with Crippen molar-refractivity contribution in [1.29, 1.82) is 0 Å². The van der Waals surface area contributed by atoms with Crippen LogP contribution in [0.4, 0.5) is 4.79 Å². The van der Waals surface area contributed by atoms with Gasteiger partial charge < -0.3 is 15.0 Å². The van der Waals surface area contributed by atoms with Crippen LogP contribution in [0.2, 0.25) is 0 Å². The number of rotatable bonds is 3. The monoisotopic (exact) mass is 333 g/mol. The second-order valence-electron chi connectivity index (χ2n) is 6.29. The van der Waals surface area contributed by atoms with Gasteiger partial charge in [0.2, 0.25) is 10.0 Å². The lowest BCUT2D eigenvalue weighted by atomic mass is 10.1. The number of nitrogens with one attached hydrogen (secondary N) is 1. The van der Waals surface area contributed by atoms with Gasteiger partial charge in [0.05, 0.1) is 18.5 Å². The maximum atomic E-state index is 12.4. The van der Waals surface area contributed by atoms with Gasteiger partial charge in [-0.3, -0.25) is 0 Å². The number of ether oxygens (including phenoxy) is 1. The van der Waals surface area contributed by atoms with E-state index in [4.69, 9.17) is 4.74 Å². The summed E-state index contributed by atoms with van der Waals surface area (Å²) in [5.41, 5.74) is 0. The molecule has 0 radical (unpaired) electrons. The van der Waals surface area contributed by atoms with Crippen LogP contribution in [-0.2, 0) is 14.8 Å². The van der Waals surface area contributed by atoms with Crippen molar-refractivity contribution in [3.8, 4) is 0 Å². The summed E-state index contributed by atoms with van der Waals surface area (Å²) in [6.45, 7) is 6.08. The second kappa shape index (κ2) is 7.14. The Morgan fingerprint density at radius 1 is 1.32 bits per heavy atom. The van der Waals surface area contributed by atoms with E-state index in [1.807, 2.05) is 13.8 Å². The van der Waals surface area contributed by atoms with Gasteiger partial charge in [0, 0.05) is 32.2 Å². The van der Waals surface area contributed by atoms with Gasteiger partial charge in [-0.2, -0.15) is 0 Å². The first-order chi connectivity index (χ1) is 10.3. The number of hydrogen-bond acceptors (Lipinski definition) is 4. The molecule has 3 atom stereocenters. The quantitative estimate of drug-likeness (QED) is 0.821. The third kappa shape index (κ3) is 4.57. The number of hydrogen-bond donors (Lipinski definition) is 1. The Labute approximate surface area is 133 Å². The van der Waals surface area contributed by atoms with Gasteiger partial charge in [-0.05, 0) is 26.2 Å². The molecule has 2 heterocycles. The van der Waals surface area contributed by atoms with Crippen molar-refractivity contribution < 1.29 is 17.9 Å². The Morgan fingerprint density at radius 3 is 2.68 bits per heavy atom. The summed E-state index contributed by atoms with van der Waals surface area (Å²) in [6, 6.07) is -0.233. The largest absolute Gasteiger partial charge is 0.372 e. The molecule has 22 heavy (non-hydrogen) atoms. The SMILES string of the molecule is CCC1CN(C(=O)NC2CCCN(S(C)(=O)=O)C2)CC(C)O1. The molecule has 8 heteroatoms. The lowest BCUT2D eigenvalue weighted by molar-refractivity contribution is -0.0649. The number of sulfonamides is 1. The summed E-state index contributed by atoms with van der Waals surface area (Å²) in [5.74, 6) is 0. The van der Waals surface area contributed by atoms with E-state index in [2.05, 4.69) is 5.32 Å². The van der Waals surface area contributed by atoms with Crippen molar-refractivity contribution in [1.82, 2.24) is 14.5 Å². The fourth-order valence-corrected chi connectivity index (χ4v) is 3.98. The first-order valence-electron chi connectivity index (χ1n) is 7.95. The summed E-state index contributed by atoms with van der Waals surface area (Å²) in [5, 5.41) is 2.98. The zero-order valence-corrected chi connectivity index (χ0v) is 14.4. The minimum Gasteiger partial charge on any atom is -0.372 e. The van der Waals surface area contributed by atoms with Crippen LogP contribution < -0.4 is 5.32 Å². The van der Waals surface area contributed by atoms with Crippen molar-refractivity contribution in [3.63, 3.8) is 0 Å². The van der Waals surface area contributed by atoms with Crippen molar-refractivity contribution >= 4 is 16.1 Å². The van der Waals surface area contributed by atoms with Gasteiger partial charge in [-0.1, -0.05) is 6.92 Å². The van der Waals surface area contributed by atoms with Crippen molar-refractivity contribution in [2.24, 2.45) is 0 Å². The Bertz CT molecular complexity index is 496. The normalized spacial score (nSPS) is 31.0. The number of piperidine rings is 1. The van der Waals surface area contributed by atoms with E-state index in [0.29, 0.717) is 26.2 Å². The third-order valence-corrected chi connectivity index (χ3v) is 5.52. The Balaban J connectivity index is 1.91. The number of morpholine rings is 1. The topological polar surface area (TPSA) is 79.0 Å². The number of carbonyl (C=O) groups is 1. The molecular weight excluding hydrogens is 306 g/mol. The molecule has 1 N–H and O–H groups in total. The van der Waals surface area contributed by atoms with Crippen molar-refractivity contribution in [2.45, 2.75) is 51.4 Å². The number of amides is 2. The smallest absolute Gasteiger partial charge is 0.317 e. The Kier molecular flexibility index (Phi) is 5.68. The van der Waals surface area contributed by atoms with E-state index < -0.39 is 10.0 Å². The predicted molar refractivity (Wildman–Crippen MR) is 84.2 cm³/mol. The summed E-state index contributed by atoms with van der Waals surface area (Å²) in [4.78, 5) is 14.2. The molecule has 128 valence electrons. The third-order valence-electron chi connectivity index (χ3n) is 4.25. The molecule has 0 saturated carbocycles. The molecule has 2 rings (SSSR count). The molecule has 0 aromatic heterocycles. The molecule has 2 saturated heterocycles. The number of urea groups is 1. The molecule has 7 nitrogen and oxygen atoms in total. The highest BCUT2D eigenvalue weighted by atomic mass is 32.2. The molecule has 0 aromatic rings. The summed E-state index contributed by atoms with van der Waals surface area (Å²) < 4.78 is 30.5. The van der Waals surface area contributed by atoms with Gasteiger partial charge in [0.15, 0.2) is 0 Å². The van der Waals surface area contributed by atoms with E-state index in [1.165, 1.54) is 10.6 Å². The zero-order chi connectivity index (χ0) is 16.3. The summed E-state index contributed by atoms with van der Waals surface area (Å²) in [6.07, 6.45) is 3.78. The minimum atomic E-state index is -3.19. The van der Waals surface area contributed by atoms with Crippen LogP contribution in [0.1, 0.15) is 33.1 Å². The molecule has 2 fully saturated rings. The van der Waals surface area contributed by atoms with E-state index in [9.17, 15) is 13.2 Å². The lowest BCUT2D eigenvalue weighted by Crippen LogP contribution is -2.56. The second-order valence-corrected chi connectivity index (χ2v) is 8.27. The Hall–Kier alpha value is -0.860. The van der Waals surface area contributed by atoms with Gasteiger partial charge in [-0.25, -0.2) is 17.5 Å². The number of nitrogens with zero attached hydrogens (tertiary/aromatic N) is 2. The lowest BCUT2D eigenvalue weighted by Gasteiger charge is -2.38. The molecular formula is C14H27N3O4S. The van der Waals surface area contributed by atoms with E-state index >= 15 is 0 Å². The summed E-state index contributed by atoms with van der Waals surface area (Å²) >= 11 is 0. The highest BCUT2D eigenvalue weighted by Gasteiger charge is 2.31. The van der Waals surface area contributed by atoms with Crippen LogP contribution in [0.5, 0.6) is 0 Å². The van der Waals surface area contributed by atoms with Crippen molar-refractivity contribution in [2.75, 3.05) is 32.4 Å². The van der Waals surface area contributed by atoms with E-state index in [1.54, 1.807) is 4.90 Å². The van der Waals surface area contributed by atoms with E-state index in [-0.39, 0.29) is 24.3 Å². The van der Waals surface area contributed by atoms with E-state index in [0.717, 1.165) is 19.3 Å². The first-order valence-corrected chi connectivity index (χ1v) is 9.80. The van der Waals surface area contributed by atoms with Crippen LogP contribution in [0, 0.1) is 0 Å². The molecule has 0 bridgehead atoms. The van der Waals surface area contributed by atoms with Crippen LogP contribution >= 0.6 is 0 Å². The molecule has 3 unspecified atom stereocenters. The summed E-state index contributed by atoms with van der Waals surface area (Å²) in [7, 11) is -3.19. The molecule has 2 aliphatic rings. The average molecular weight is 333 g/mol. The molecule has 2 aliphatic heterocycles. The predicted octanol–water partition coefficient (Wildman–Crippen LogP) is 0.619. The highest BCUT2D eigenvalue weighted by Crippen LogP contribution is 2.16. The van der Waals surface area contributed by atoms with Gasteiger partial charge in [0.25, 0.3) is 0 Å². The first kappa shape index (κ1) is 17.5. The van der Waals surface area contributed by atoms with Crippen LogP contribution in [0.15, 0.2) is 0 Å². The van der Waals surface area contributed by atoms with Gasteiger partial charge in [0.1, 0.15) is 0 Å². The number of carbonyl (C=O) groups excluding carboxylic acids is 1. The maximum Gasteiger partial charge on any atom is 0.317 e. The van der Waals surface area contributed by atoms with Crippen LogP contribution in [0.25, 0.3) is 0 Å². The fraction of sp³-hybridized carbons (Fsp3) is 0.929. The standard InChI is InChI=1S/C14H27N3O4S/c1-4-13-10-16(8-11(2)21-13)14(18)15-12-6-5-7-17(9-12)22(3,19)20/h11-13H,4-10H2,1-3H3,(H,15,18). The molecule has 0 aromatic carbocycles. The molecule has 0 aliphatic carbocycles. The Morgan fingerprint density at radius 2 is 2.05 bits per heavy atom. The van der Waals surface area contributed by atoms with Crippen molar-refractivity contribution in [3.05, 3.63) is 0 Å². The van der Waals surface area contributed by atoms with Gasteiger partial charge in [-0.15, -0.1) is 0 Å². The molecule has 0 spiro atoms. The molecule has 2 amide bonds. The van der Waals surface area contributed by atoms with Crippen LogP contribution in [0.3, 0.4) is 0 Å². The fourth-order valence-electron chi connectivity index (χ4n) is 3.06. The highest BCUT2D eigenvalue weighted by molar-refractivity contribution is 7.88. The minimum absolute atomic E-state index is 0.0309.